The number of anilines is 3. The van der Waals surface area contributed by atoms with Gasteiger partial charge in [-0.25, -0.2) is 0 Å². The predicted octanol–water partition coefficient (Wildman–Crippen LogP) is 5.17. The van der Waals surface area contributed by atoms with E-state index in [0.717, 1.165) is 17.1 Å². The van der Waals surface area contributed by atoms with E-state index in [1.807, 2.05) is 54.6 Å². The molecule has 0 amide bonds. The molecule has 116 valence electrons. The Morgan fingerprint density at radius 1 is 0.478 bits per heavy atom. The number of hydrogen-bond donors (Lipinski definition) is 3. The molecule has 0 aromatic heterocycles. The van der Waals surface area contributed by atoms with Gasteiger partial charge in [0.1, 0.15) is 0 Å². The van der Waals surface area contributed by atoms with Gasteiger partial charge in [-0.15, -0.1) is 0 Å². The molecule has 0 saturated heterocycles. The molecule has 3 aromatic carbocycles. The molecule has 0 atom stereocenters. The predicted molar refractivity (Wildman–Crippen MR) is 103 cm³/mol. The zero-order valence-corrected chi connectivity index (χ0v) is 15.1. The van der Waals surface area contributed by atoms with E-state index >= 15 is 0 Å². The molecule has 0 radical (unpaired) electrons. The molecule has 3 aromatic rings. The van der Waals surface area contributed by atoms with Gasteiger partial charge in [0.15, 0.2) is 0 Å². The molecule has 0 bridgehead atoms. The summed E-state index contributed by atoms with van der Waals surface area (Å²) in [6.07, 6.45) is 0. The molecule has 0 aliphatic carbocycles. The second-order valence-corrected chi connectivity index (χ2v) is 10.4. The molecule has 0 spiro atoms. The van der Waals surface area contributed by atoms with Crippen LogP contribution in [0.25, 0.3) is 0 Å². The van der Waals surface area contributed by atoms with Crippen molar-refractivity contribution in [3.05, 3.63) is 91.0 Å². The summed E-state index contributed by atoms with van der Waals surface area (Å²) in [7, 11) is 0. The van der Waals surface area contributed by atoms with Crippen LogP contribution in [0, 0.1) is 0 Å². The van der Waals surface area contributed by atoms with Crippen molar-refractivity contribution in [2.45, 2.75) is 0 Å². The van der Waals surface area contributed by atoms with Crippen LogP contribution in [0.15, 0.2) is 91.0 Å². The molecular weight excluding hydrogens is 368 g/mol. The summed E-state index contributed by atoms with van der Waals surface area (Å²) in [5, 5.41) is 10.8. The van der Waals surface area contributed by atoms with Crippen LogP contribution in [0.4, 0.5) is 17.1 Å². The van der Waals surface area contributed by atoms with Crippen molar-refractivity contribution in [1.82, 2.24) is 0 Å². The second-order valence-electron chi connectivity index (χ2n) is 5.04. The molecule has 0 heterocycles. The summed E-state index contributed by atoms with van der Waals surface area (Å²) >= 11 is 3.31. The molecular formula is C18H18N3PSe. The molecule has 5 heteroatoms. The summed E-state index contributed by atoms with van der Waals surface area (Å²) in [6, 6.07) is 30.6. The van der Waals surface area contributed by atoms with Crippen molar-refractivity contribution >= 4 is 38.1 Å². The fourth-order valence-electron chi connectivity index (χ4n) is 2.17. The Bertz CT molecular complexity index is 671. The first-order valence-electron chi connectivity index (χ1n) is 7.34. The fourth-order valence-corrected chi connectivity index (χ4v) is 5.86. The number of rotatable bonds is 6. The quantitative estimate of drug-likeness (QED) is 0.404. The van der Waals surface area contributed by atoms with Gasteiger partial charge in [-0.1, -0.05) is 0 Å². The van der Waals surface area contributed by atoms with Crippen molar-refractivity contribution in [2.24, 2.45) is 0 Å². The third-order valence-corrected chi connectivity index (χ3v) is 6.62. The molecule has 3 nitrogen and oxygen atoms in total. The zero-order valence-electron chi connectivity index (χ0n) is 12.5. The first-order valence-corrected chi connectivity index (χ1v) is 11.3. The van der Waals surface area contributed by atoms with Gasteiger partial charge in [0, 0.05) is 0 Å². The number of benzene rings is 3. The monoisotopic (exact) mass is 387 g/mol. The van der Waals surface area contributed by atoms with Gasteiger partial charge in [0.25, 0.3) is 0 Å². The Morgan fingerprint density at radius 3 is 1.00 bits per heavy atom. The summed E-state index contributed by atoms with van der Waals surface area (Å²) in [5.74, 6) is -2.01. The fraction of sp³-hybridized carbons (Fsp3) is 0. The van der Waals surface area contributed by atoms with Crippen molar-refractivity contribution in [1.29, 1.82) is 0 Å². The third kappa shape index (κ3) is 4.74. The SMILES string of the molecule is [Se]=P(Nc1ccccc1)(Nc1ccccc1)Nc1ccccc1. The van der Waals surface area contributed by atoms with Crippen LogP contribution < -0.4 is 15.3 Å². The van der Waals surface area contributed by atoms with Crippen molar-refractivity contribution in [2.75, 3.05) is 15.3 Å². The van der Waals surface area contributed by atoms with Gasteiger partial charge in [0.05, 0.1) is 0 Å². The van der Waals surface area contributed by atoms with Crippen LogP contribution in [0.5, 0.6) is 0 Å². The summed E-state index contributed by atoms with van der Waals surface area (Å²) < 4.78 is 0. The zero-order chi connectivity index (χ0) is 16.0. The standard InChI is InChI=1S/C18H18N3PSe/c23-22(19-16-10-4-1-5-11-16,20-17-12-6-2-7-13-17)21-18-14-8-3-9-15-18/h1-15H,(H3,19,20,21,23). The molecule has 0 aliphatic heterocycles. The normalized spacial score (nSPS) is 10.8. The van der Waals surface area contributed by atoms with Gasteiger partial charge in [0.2, 0.25) is 0 Å². The molecule has 0 saturated carbocycles. The Labute approximate surface area is 144 Å². The molecule has 0 unspecified atom stereocenters. The maximum atomic E-state index is 3.59. The molecule has 3 N–H and O–H groups in total. The minimum atomic E-state index is -2.01. The van der Waals surface area contributed by atoms with Gasteiger partial charge in [-0.2, -0.15) is 0 Å². The van der Waals surface area contributed by atoms with Gasteiger partial charge in [-0.3, -0.25) is 0 Å². The Hall–Kier alpha value is -1.99. The van der Waals surface area contributed by atoms with Gasteiger partial charge < -0.3 is 0 Å². The summed E-state index contributed by atoms with van der Waals surface area (Å²) in [5.41, 5.74) is 3.18. The first-order chi connectivity index (χ1) is 11.2. The van der Waals surface area contributed by atoms with Crippen molar-refractivity contribution in [3.63, 3.8) is 0 Å². The van der Waals surface area contributed by atoms with Crippen LogP contribution in [0.2, 0.25) is 0 Å². The minimum absolute atomic E-state index is 1.06. The van der Waals surface area contributed by atoms with Crippen LogP contribution in [-0.4, -0.2) is 15.1 Å². The van der Waals surface area contributed by atoms with Crippen LogP contribution >= 0.6 is 5.96 Å². The van der Waals surface area contributed by atoms with Crippen molar-refractivity contribution < 1.29 is 0 Å². The van der Waals surface area contributed by atoms with E-state index in [0.29, 0.717) is 0 Å². The van der Waals surface area contributed by atoms with E-state index in [2.05, 4.69) is 66.8 Å². The molecule has 0 fully saturated rings. The molecule has 0 aliphatic rings. The number of nitrogens with one attached hydrogen (secondary N) is 3. The average Bonchev–Trinajstić information content (AvgIpc) is 2.57. The third-order valence-electron chi connectivity index (χ3n) is 3.18. The van der Waals surface area contributed by atoms with E-state index in [1.54, 1.807) is 0 Å². The molecule has 3 rings (SSSR count). The Morgan fingerprint density at radius 2 is 0.739 bits per heavy atom. The Kier molecular flexibility index (Phi) is 5.19. The van der Waals surface area contributed by atoms with E-state index in [-0.39, 0.29) is 0 Å². The maximum absolute atomic E-state index is 3.59. The van der Waals surface area contributed by atoms with Crippen LogP contribution in [0.3, 0.4) is 0 Å². The molecule has 23 heavy (non-hydrogen) atoms. The topological polar surface area (TPSA) is 36.1 Å². The van der Waals surface area contributed by atoms with E-state index in [9.17, 15) is 0 Å². The Balaban J connectivity index is 1.87. The second kappa shape index (κ2) is 7.52. The van der Waals surface area contributed by atoms with E-state index < -0.39 is 5.96 Å². The average molecular weight is 386 g/mol. The number of hydrogen-bond acceptors (Lipinski definition) is 3. The van der Waals surface area contributed by atoms with Gasteiger partial charge >= 0.3 is 144 Å². The summed E-state index contributed by atoms with van der Waals surface area (Å²) in [4.78, 5) is 0. The summed E-state index contributed by atoms with van der Waals surface area (Å²) in [6.45, 7) is 0. The first kappa shape index (κ1) is 15.9. The van der Waals surface area contributed by atoms with E-state index in [1.165, 1.54) is 0 Å². The number of para-hydroxylation sites is 3. The van der Waals surface area contributed by atoms with Crippen LogP contribution in [0.1, 0.15) is 0 Å². The van der Waals surface area contributed by atoms with Gasteiger partial charge in [-0.05, 0) is 0 Å². The van der Waals surface area contributed by atoms with Crippen LogP contribution in [-0.2, 0) is 0 Å². The van der Waals surface area contributed by atoms with E-state index in [4.69, 9.17) is 0 Å². The van der Waals surface area contributed by atoms with Crippen molar-refractivity contribution in [3.8, 4) is 0 Å².